The molecule has 0 aliphatic rings. The third-order valence-electron chi connectivity index (χ3n) is 2.46. The van der Waals surface area contributed by atoms with Crippen molar-refractivity contribution >= 4 is 17.3 Å². The molecule has 98 valence electrons. The van der Waals surface area contributed by atoms with Gasteiger partial charge in [-0.05, 0) is 30.3 Å². The Morgan fingerprint density at radius 3 is 2.47 bits per heavy atom. The number of hydrogen-bond acceptors (Lipinski definition) is 3. The average molecular weight is 282 g/mol. The Morgan fingerprint density at radius 1 is 1.21 bits per heavy atom. The molecule has 0 fully saturated rings. The number of nitro benzene ring substituents is 1. The highest BCUT2D eigenvalue weighted by atomic mass is 35.5. The summed E-state index contributed by atoms with van der Waals surface area (Å²) in [7, 11) is 0. The SMILES string of the molecule is O=[N+]([O-])c1ccc(COc2ccc(F)cc2)c(Cl)c1. The van der Waals surface area contributed by atoms with E-state index in [-0.39, 0.29) is 23.1 Å². The molecule has 0 saturated heterocycles. The zero-order valence-electron chi connectivity index (χ0n) is 9.68. The predicted molar refractivity (Wildman–Crippen MR) is 68.8 cm³/mol. The van der Waals surface area contributed by atoms with Gasteiger partial charge >= 0.3 is 0 Å². The number of ether oxygens (including phenoxy) is 1. The van der Waals surface area contributed by atoms with Crippen LogP contribution in [0.4, 0.5) is 10.1 Å². The highest BCUT2D eigenvalue weighted by Crippen LogP contribution is 2.24. The predicted octanol–water partition coefficient (Wildman–Crippen LogP) is 3.97. The van der Waals surface area contributed by atoms with E-state index in [0.29, 0.717) is 11.3 Å². The summed E-state index contributed by atoms with van der Waals surface area (Å²) in [6, 6.07) is 9.72. The molecule has 4 nitrogen and oxygen atoms in total. The Morgan fingerprint density at radius 2 is 1.89 bits per heavy atom. The van der Waals surface area contributed by atoms with E-state index >= 15 is 0 Å². The fraction of sp³-hybridized carbons (Fsp3) is 0.0769. The van der Waals surface area contributed by atoms with E-state index in [0.717, 1.165) is 0 Å². The molecule has 0 saturated carbocycles. The summed E-state index contributed by atoms with van der Waals surface area (Å²) in [5.41, 5.74) is 0.548. The molecule has 0 radical (unpaired) electrons. The monoisotopic (exact) mass is 281 g/mol. The van der Waals surface area contributed by atoms with Crippen molar-refractivity contribution in [1.29, 1.82) is 0 Å². The van der Waals surface area contributed by atoms with Gasteiger partial charge < -0.3 is 4.74 Å². The highest BCUT2D eigenvalue weighted by Gasteiger charge is 2.09. The van der Waals surface area contributed by atoms with Crippen molar-refractivity contribution in [2.75, 3.05) is 0 Å². The van der Waals surface area contributed by atoms with Gasteiger partial charge in [-0.15, -0.1) is 0 Å². The Balaban J connectivity index is 2.07. The normalized spacial score (nSPS) is 10.2. The molecule has 0 atom stereocenters. The Labute approximate surface area is 113 Å². The molecule has 2 rings (SSSR count). The maximum absolute atomic E-state index is 12.7. The number of benzene rings is 2. The molecule has 2 aromatic carbocycles. The van der Waals surface area contributed by atoms with Gasteiger partial charge in [0.1, 0.15) is 18.2 Å². The van der Waals surface area contributed by atoms with Crippen molar-refractivity contribution in [2.45, 2.75) is 6.61 Å². The quantitative estimate of drug-likeness (QED) is 0.629. The number of hydrogen-bond donors (Lipinski definition) is 0. The van der Waals surface area contributed by atoms with E-state index in [9.17, 15) is 14.5 Å². The topological polar surface area (TPSA) is 52.4 Å². The first-order chi connectivity index (χ1) is 9.06. The Kier molecular flexibility index (Phi) is 3.97. The standard InChI is InChI=1S/C13H9ClFNO3/c14-13-7-11(16(17)18)4-1-9(13)8-19-12-5-2-10(15)3-6-12/h1-7H,8H2. The van der Waals surface area contributed by atoms with Crippen molar-refractivity contribution in [1.82, 2.24) is 0 Å². The van der Waals surface area contributed by atoms with Gasteiger partial charge in [-0.25, -0.2) is 4.39 Å². The van der Waals surface area contributed by atoms with Crippen molar-refractivity contribution in [3.05, 3.63) is 69.0 Å². The smallest absolute Gasteiger partial charge is 0.270 e. The maximum Gasteiger partial charge on any atom is 0.270 e. The minimum Gasteiger partial charge on any atom is -0.489 e. The zero-order valence-corrected chi connectivity index (χ0v) is 10.4. The third-order valence-corrected chi connectivity index (χ3v) is 2.81. The molecule has 0 aromatic heterocycles. The summed E-state index contributed by atoms with van der Waals surface area (Å²) in [6.45, 7) is 0.155. The fourth-order valence-electron chi connectivity index (χ4n) is 1.46. The Bertz CT molecular complexity index is 601. The van der Waals surface area contributed by atoms with E-state index in [1.807, 2.05) is 0 Å². The molecule has 0 unspecified atom stereocenters. The van der Waals surface area contributed by atoms with Crippen LogP contribution in [0.15, 0.2) is 42.5 Å². The maximum atomic E-state index is 12.7. The van der Waals surface area contributed by atoms with Gasteiger partial charge in [0.15, 0.2) is 0 Å². The summed E-state index contributed by atoms with van der Waals surface area (Å²) in [5, 5.41) is 10.8. The second-order valence-corrected chi connectivity index (χ2v) is 4.18. The van der Waals surface area contributed by atoms with Crippen LogP contribution in [0.5, 0.6) is 5.75 Å². The lowest BCUT2D eigenvalue weighted by atomic mass is 10.2. The van der Waals surface area contributed by atoms with Crippen LogP contribution in [0.25, 0.3) is 0 Å². The van der Waals surface area contributed by atoms with E-state index in [1.165, 1.54) is 42.5 Å². The molecule has 0 N–H and O–H groups in total. The second-order valence-electron chi connectivity index (χ2n) is 3.78. The summed E-state index contributed by atoms with van der Waals surface area (Å²) in [4.78, 5) is 10.0. The zero-order chi connectivity index (χ0) is 13.8. The summed E-state index contributed by atoms with van der Waals surface area (Å²) in [5.74, 6) is 0.150. The summed E-state index contributed by atoms with van der Waals surface area (Å²) in [6.07, 6.45) is 0. The van der Waals surface area contributed by atoms with Crippen LogP contribution < -0.4 is 4.74 Å². The Hall–Kier alpha value is -2.14. The van der Waals surface area contributed by atoms with Crippen molar-refractivity contribution < 1.29 is 14.1 Å². The molecule has 0 spiro atoms. The molecule has 0 bridgehead atoms. The van der Waals surface area contributed by atoms with E-state index in [1.54, 1.807) is 0 Å². The number of non-ortho nitro benzene ring substituents is 1. The van der Waals surface area contributed by atoms with Crippen LogP contribution in [-0.2, 0) is 6.61 Å². The first-order valence-electron chi connectivity index (χ1n) is 5.37. The van der Waals surface area contributed by atoms with Gasteiger partial charge in [-0.3, -0.25) is 10.1 Å². The number of rotatable bonds is 4. The number of nitro groups is 1. The molecular formula is C13H9ClFNO3. The van der Waals surface area contributed by atoms with Gasteiger partial charge in [0.2, 0.25) is 0 Å². The average Bonchev–Trinajstić information content (AvgIpc) is 2.39. The van der Waals surface area contributed by atoms with Crippen LogP contribution >= 0.6 is 11.6 Å². The molecule has 19 heavy (non-hydrogen) atoms. The molecule has 0 heterocycles. The van der Waals surface area contributed by atoms with Crippen molar-refractivity contribution in [3.63, 3.8) is 0 Å². The first kappa shape index (κ1) is 13.3. The van der Waals surface area contributed by atoms with Gasteiger partial charge in [0.05, 0.1) is 9.95 Å². The van der Waals surface area contributed by atoms with Crippen LogP contribution in [0.1, 0.15) is 5.56 Å². The lowest BCUT2D eigenvalue weighted by molar-refractivity contribution is -0.384. The molecule has 0 aliphatic heterocycles. The van der Waals surface area contributed by atoms with Gasteiger partial charge in [-0.2, -0.15) is 0 Å². The second kappa shape index (κ2) is 5.67. The number of halogens is 2. The van der Waals surface area contributed by atoms with E-state index < -0.39 is 4.92 Å². The summed E-state index contributed by atoms with van der Waals surface area (Å²) < 4.78 is 18.1. The third kappa shape index (κ3) is 3.42. The largest absolute Gasteiger partial charge is 0.489 e. The van der Waals surface area contributed by atoms with Gasteiger partial charge in [-0.1, -0.05) is 11.6 Å². The van der Waals surface area contributed by atoms with Gasteiger partial charge in [0, 0.05) is 17.7 Å². The summed E-state index contributed by atoms with van der Waals surface area (Å²) >= 11 is 5.92. The molecule has 2 aromatic rings. The lowest BCUT2D eigenvalue weighted by Gasteiger charge is -2.07. The van der Waals surface area contributed by atoms with E-state index in [2.05, 4.69) is 0 Å². The molecule has 0 aliphatic carbocycles. The number of nitrogens with zero attached hydrogens (tertiary/aromatic N) is 1. The van der Waals surface area contributed by atoms with Crippen LogP contribution in [0.3, 0.4) is 0 Å². The van der Waals surface area contributed by atoms with Crippen molar-refractivity contribution in [2.24, 2.45) is 0 Å². The van der Waals surface area contributed by atoms with Gasteiger partial charge in [0.25, 0.3) is 5.69 Å². The molecule has 0 amide bonds. The molecular weight excluding hydrogens is 273 g/mol. The fourth-order valence-corrected chi connectivity index (χ4v) is 1.69. The van der Waals surface area contributed by atoms with E-state index in [4.69, 9.17) is 16.3 Å². The van der Waals surface area contributed by atoms with Crippen LogP contribution in [0.2, 0.25) is 5.02 Å². The van der Waals surface area contributed by atoms with Crippen LogP contribution in [0, 0.1) is 15.9 Å². The minimum absolute atomic E-state index is 0.0736. The minimum atomic E-state index is -0.517. The first-order valence-corrected chi connectivity index (χ1v) is 5.75. The van der Waals surface area contributed by atoms with Crippen LogP contribution in [-0.4, -0.2) is 4.92 Å². The highest BCUT2D eigenvalue weighted by molar-refractivity contribution is 6.31. The van der Waals surface area contributed by atoms with Crippen molar-refractivity contribution in [3.8, 4) is 5.75 Å². The molecule has 6 heteroatoms. The lowest BCUT2D eigenvalue weighted by Crippen LogP contribution is -1.97.